The number of para-hydroxylation sites is 1. The molecule has 0 unspecified atom stereocenters. The Bertz CT molecular complexity index is 3340. The Hall–Kier alpha value is -4.30. The average Bonchev–Trinajstić information content (AvgIpc) is 3.60. The lowest BCUT2D eigenvalue weighted by atomic mass is 9.56. The minimum Gasteiger partial charge on any atom is -0.456 e. The number of rotatable bonds is 2. The quantitative estimate of drug-likeness (QED) is 0.0984. The maximum Gasteiger partial charge on any atom is 0.140 e. The summed E-state index contributed by atoms with van der Waals surface area (Å²) in [5.41, 5.74) is 30.9. The molecule has 9 rings (SSSR count). The molecule has 0 amide bonds. The van der Waals surface area contributed by atoms with Crippen LogP contribution >= 0.6 is 0 Å². The molecule has 0 bridgehead atoms. The zero-order valence-electron chi connectivity index (χ0n) is 37.9. The van der Waals surface area contributed by atoms with E-state index in [0.717, 1.165) is 11.2 Å². The van der Waals surface area contributed by atoms with Crippen molar-refractivity contribution in [2.75, 3.05) is 0 Å². The molecule has 258 valence electrons. The standard InChI is InChI=1S/C40H41B17O/c41-24-21(31(48)25(42)19-20-23(33(50)32(49)22(19)24)34(51)40(57)39(56)30(20)47)14-17-15(26(43)35(52)37(54)28(17)45)13(16-18(14)29(46)38(55)36(53)27(16)44)9-5-3-7-11-12(9)8-4-1-2-6-10(8)58-11/h1-7H,41-57H2. The minimum absolute atomic E-state index is 0.932. The molecular formula is C40H41B17O. The fourth-order valence-corrected chi connectivity index (χ4v) is 11.4. The molecule has 8 aromatic carbocycles. The summed E-state index contributed by atoms with van der Waals surface area (Å²) >= 11 is 0. The number of fused-ring (bicyclic) bond motifs is 8. The van der Waals surface area contributed by atoms with Gasteiger partial charge < -0.3 is 4.42 Å². The molecule has 1 nitrogen and oxygen atoms in total. The fourth-order valence-electron chi connectivity index (χ4n) is 11.4. The van der Waals surface area contributed by atoms with Crippen molar-refractivity contribution in [3.63, 3.8) is 0 Å². The maximum atomic E-state index is 6.59. The third-order valence-electron chi connectivity index (χ3n) is 15.9. The molecule has 9 aromatic rings. The summed E-state index contributed by atoms with van der Waals surface area (Å²) in [6.07, 6.45) is 0. The van der Waals surface area contributed by atoms with Crippen LogP contribution in [0, 0.1) is 0 Å². The van der Waals surface area contributed by atoms with E-state index in [1.807, 2.05) is 0 Å². The van der Waals surface area contributed by atoms with E-state index in [4.69, 9.17) is 4.42 Å². The van der Waals surface area contributed by atoms with Crippen LogP contribution in [0.5, 0.6) is 0 Å². The molecule has 0 aliphatic heterocycles. The summed E-state index contributed by atoms with van der Waals surface area (Å²) in [5, 5.41) is 13.6. The smallest absolute Gasteiger partial charge is 0.140 e. The summed E-state index contributed by atoms with van der Waals surface area (Å²) in [4.78, 5) is 0. The van der Waals surface area contributed by atoms with E-state index in [2.05, 4.69) is 176 Å². The predicted octanol–water partition coefficient (Wildman–Crippen LogP) is -18.1. The van der Waals surface area contributed by atoms with Crippen LogP contribution in [0.4, 0.5) is 0 Å². The van der Waals surface area contributed by atoms with Gasteiger partial charge in [-0.3, -0.25) is 0 Å². The highest BCUT2D eigenvalue weighted by molar-refractivity contribution is 6.76. The van der Waals surface area contributed by atoms with Crippen LogP contribution < -0.4 is 92.9 Å². The van der Waals surface area contributed by atoms with Crippen LogP contribution in [-0.2, 0) is 0 Å². The predicted molar refractivity (Wildman–Crippen MR) is 314 cm³/mol. The van der Waals surface area contributed by atoms with Crippen molar-refractivity contribution >= 4 is 291 Å². The monoisotopic (exact) mass is 724 g/mol. The van der Waals surface area contributed by atoms with Crippen LogP contribution in [0.1, 0.15) is 0 Å². The number of hydrogen-bond acceptors (Lipinski definition) is 1. The van der Waals surface area contributed by atoms with Crippen molar-refractivity contribution < 1.29 is 4.42 Å². The SMILES string of the molecule is Bc1c(B)c(B)c2c(-c3cccc4oc5ccccc5c34)c3c(B)c(B)c(B)c(B)c3c(-c3c(B)c(B)c4c(c3B)c(B)c(B)c3c(B)c(B)c(B)c(B)c34)c2c1B. The average molecular weight is 722 g/mol. The molecule has 1 heterocycles. The molecule has 0 N–H and O–H groups in total. The molecule has 0 saturated carbocycles. The zero-order valence-corrected chi connectivity index (χ0v) is 37.9. The summed E-state index contributed by atoms with van der Waals surface area (Å²) in [5.74, 6) is 0. The second-order valence-electron chi connectivity index (χ2n) is 18.0. The van der Waals surface area contributed by atoms with Crippen LogP contribution in [0.15, 0.2) is 46.9 Å². The van der Waals surface area contributed by atoms with Crippen LogP contribution in [0.3, 0.4) is 0 Å². The van der Waals surface area contributed by atoms with E-state index in [9.17, 15) is 0 Å². The largest absolute Gasteiger partial charge is 0.456 e. The molecule has 0 atom stereocenters. The van der Waals surface area contributed by atoms with E-state index in [1.165, 1.54) is 169 Å². The van der Waals surface area contributed by atoms with Gasteiger partial charge in [-0.15, -0.1) is 32.8 Å². The highest BCUT2D eigenvalue weighted by atomic mass is 16.3. The molecule has 0 aliphatic carbocycles. The third-order valence-corrected chi connectivity index (χ3v) is 15.9. The van der Waals surface area contributed by atoms with Crippen molar-refractivity contribution in [1.29, 1.82) is 0 Å². The van der Waals surface area contributed by atoms with Gasteiger partial charge in [0.05, 0.1) is 0 Å². The Balaban J connectivity index is 1.62. The first kappa shape index (κ1) is 39.2. The van der Waals surface area contributed by atoms with Crippen molar-refractivity contribution in [2.24, 2.45) is 0 Å². The summed E-state index contributed by atoms with van der Waals surface area (Å²) < 4.78 is 6.59. The molecule has 0 radical (unpaired) electrons. The van der Waals surface area contributed by atoms with E-state index in [-0.39, 0.29) is 0 Å². The van der Waals surface area contributed by atoms with Gasteiger partial charge in [0.1, 0.15) is 145 Å². The summed E-state index contributed by atoms with van der Waals surface area (Å²) in [6.45, 7) is 0. The van der Waals surface area contributed by atoms with Crippen molar-refractivity contribution in [2.45, 2.75) is 0 Å². The number of furan rings is 1. The number of benzene rings is 8. The molecule has 0 aliphatic rings. The molecular weight excluding hydrogens is 680 g/mol. The van der Waals surface area contributed by atoms with E-state index < -0.39 is 0 Å². The molecule has 58 heavy (non-hydrogen) atoms. The van der Waals surface area contributed by atoms with E-state index >= 15 is 0 Å². The highest BCUT2D eigenvalue weighted by Crippen LogP contribution is 2.44. The maximum absolute atomic E-state index is 6.59. The molecule has 1 aromatic heterocycles. The molecule has 0 saturated heterocycles. The Morgan fingerprint density at radius 1 is 0.241 bits per heavy atom. The first-order chi connectivity index (χ1) is 27.4. The normalized spacial score (nSPS) is 11.9. The second kappa shape index (κ2) is 13.4. The zero-order chi connectivity index (χ0) is 41.7. The van der Waals surface area contributed by atoms with Gasteiger partial charge in [0.25, 0.3) is 0 Å². The third kappa shape index (κ3) is 4.90. The molecule has 0 spiro atoms. The van der Waals surface area contributed by atoms with Crippen LogP contribution in [0.2, 0.25) is 0 Å². The topological polar surface area (TPSA) is 13.1 Å². The highest BCUT2D eigenvalue weighted by Gasteiger charge is 2.29. The van der Waals surface area contributed by atoms with Gasteiger partial charge in [-0.2, -0.15) is 0 Å². The van der Waals surface area contributed by atoms with Gasteiger partial charge >= 0.3 is 0 Å². The van der Waals surface area contributed by atoms with Crippen molar-refractivity contribution in [1.82, 2.24) is 0 Å². The van der Waals surface area contributed by atoms with Crippen molar-refractivity contribution in [3.8, 4) is 22.3 Å². The Labute approximate surface area is 358 Å². The minimum atomic E-state index is 0.932. The first-order valence-corrected chi connectivity index (χ1v) is 21.2. The van der Waals surface area contributed by atoms with Gasteiger partial charge in [0.15, 0.2) is 0 Å². The first-order valence-electron chi connectivity index (χ1n) is 21.2. The lowest BCUT2D eigenvalue weighted by molar-refractivity contribution is 0.669. The molecule has 0 fully saturated rings. The molecule has 18 heteroatoms. The van der Waals surface area contributed by atoms with Gasteiger partial charge in [0, 0.05) is 10.8 Å². The van der Waals surface area contributed by atoms with Gasteiger partial charge in [-0.05, 0) is 77.5 Å². The fraction of sp³-hybridized carbons (Fsp3) is 0. The summed E-state index contributed by atoms with van der Waals surface area (Å²) in [7, 11) is 40.2. The van der Waals surface area contributed by atoms with Gasteiger partial charge in [-0.25, -0.2) is 0 Å². The second-order valence-corrected chi connectivity index (χ2v) is 18.0. The summed E-state index contributed by atoms with van der Waals surface area (Å²) in [6, 6.07) is 15.3. The Morgan fingerprint density at radius 3 is 1.10 bits per heavy atom. The van der Waals surface area contributed by atoms with Gasteiger partial charge in [-0.1, -0.05) is 90.4 Å². The lowest BCUT2D eigenvalue weighted by Gasteiger charge is -2.31. The van der Waals surface area contributed by atoms with E-state index in [1.54, 1.807) is 0 Å². The van der Waals surface area contributed by atoms with E-state index in [0.29, 0.717) is 0 Å². The van der Waals surface area contributed by atoms with Gasteiger partial charge in [0.2, 0.25) is 0 Å². The van der Waals surface area contributed by atoms with Crippen molar-refractivity contribution in [3.05, 3.63) is 42.5 Å². The Morgan fingerprint density at radius 2 is 0.603 bits per heavy atom. The lowest BCUT2D eigenvalue weighted by Crippen LogP contribution is -2.51. The van der Waals surface area contributed by atoms with Crippen LogP contribution in [0.25, 0.3) is 87.3 Å². The Kier molecular flexibility index (Phi) is 9.02. The number of hydrogen-bond donors (Lipinski definition) is 0. The van der Waals surface area contributed by atoms with Crippen LogP contribution in [-0.4, -0.2) is 133 Å².